The summed E-state index contributed by atoms with van der Waals surface area (Å²) in [4.78, 5) is 11.9. The first-order valence-electron chi connectivity index (χ1n) is 5.41. The van der Waals surface area contributed by atoms with Crippen LogP contribution in [-0.4, -0.2) is 5.91 Å². The Morgan fingerprint density at radius 3 is 2.89 bits per heavy atom. The van der Waals surface area contributed by atoms with Gasteiger partial charge in [-0.3, -0.25) is 4.79 Å². The molecule has 1 aromatic carbocycles. The van der Waals surface area contributed by atoms with Gasteiger partial charge in [-0.2, -0.15) is 5.26 Å². The SMILES string of the molecule is N#Cc1csc(CNc2cc(C(N)=O)ccc2F)c1. The number of anilines is 1. The third-order valence-corrected chi connectivity index (χ3v) is 3.42. The van der Waals surface area contributed by atoms with Gasteiger partial charge in [-0.05, 0) is 24.3 Å². The average molecular weight is 275 g/mol. The first kappa shape index (κ1) is 13.1. The van der Waals surface area contributed by atoms with E-state index in [1.165, 1.54) is 29.5 Å². The summed E-state index contributed by atoms with van der Waals surface area (Å²) in [6, 6.07) is 7.66. The topological polar surface area (TPSA) is 78.9 Å². The molecule has 3 N–H and O–H groups in total. The summed E-state index contributed by atoms with van der Waals surface area (Å²) in [5.41, 5.74) is 6.17. The zero-order valence-corrected chi connectivity index (χ0v) is 10.6. The van der Waals surface area contributed by atoms with E-state index in [9.17, 15) is 9.18 Å². The molecule has 2 aromatic rings. The van der Waals surface area contributed by atoms with Crippen LogP contribution in [0.3, 0.4) is 0 Å². The fraction of sp³-hybridized carbons (Fsp3) is 0.0769. The van der Waals surface area contributed by atoms with Crippen LogP contribution in [-0.2, 0) is 6.54 Å². The molecule has 0 atom stereocenters. The van der Waals surface area contributed by atoms with E-state index >= 15 is 0 Å². The lowest BCUT2D eigenvalue weighted by Crippen LogP contribution is -2.12. The van der Waals surface area contributed by atoms with Gasteiger partial charge in [-0.15, -0.1) is 11.3 Å². The number of nitrogens with two attached hydrogens (primary N) is 1. The summed E-state index contributed by atoms with van der Waals surface area (Å²) in [6.45, 7) is 0.380. The number of thiophene rings is 1. The Kier molecular flexibility index (Phi) is 3.78. The van der Waals surface area contributed by atoms with Crippen molar-refractivity contribution in [2.45, 2.75) is 6.54 Å². The predicted octanol–water partition coefficient (Wildman–Crippen LogP) is 2.47. The lowest BCUT2D eigenvalue weighted by atomic mass is 10.2. The summed E-state index contributed by atoms with van der Waals surface area (Å²) in [7, 11) is 0. The second kappa shape index (κ2) is 5.50. The molecule has 1 aromatic heterocycles. The molecule has 0 saturated heterocycles. The van der Waals surface area contributed by atoms with Gasteiger partial charge < -0.3 is 11.1 Å². The van der Waals surface area contributed by atoms with Gasteiger partial charge in [0, 0.05) is 22.4 Å². The molecule has 0 fully saturated rings. The van der Waals surface area contributed by atoms with Crippen molar-refractivity contribution in [2.24, 2.45) is 5.73 Å². The molecule has 19 heavy (non-hydrogen) atoms. The van der Waals surface area contributed by atoms with Gasteiger partial charge in [0.15, 0.2) is 0 Å². The van der Waals surface area contributed by atoms with E-state index < -0.39 is 11.7 Å². The quantitative estimate of drug-likeness (QED) is 0.899. The Bertz CT molecular complexity index is 660. The number of nitriles is 1. The number of hydrogen-bond donors (Lipinski definition) is 2. The minimum atomic E-state index is -0.606. The number of carbonyl (C=O) groups excluding carboxylic acids is 1. The Morgan fingerprint density at radius 1 is 1.47 bits per heavy atom. The molecule has 0 saturated carbocycles. The molecule has 6 heteroatoms. The van der Waals surface area contributed by atoms with Crippen LogP contribution >= 0.6 is 11.3 Å². The van der Waals surface area contributed by atoms with Crippen LogP contribution in [0, 0.1) is 17.1 Å². The molecular formula is C13H10FN3OS. The van der Waals surface area contributed by atoms with Crippen LogP contribution in [0.15, 0.2) is 29.6 Å². The molecule has 0 aliphatic carbocycles. The van der Waals surface area contributed by atoms with Gasteiger partial charge in [0.1, 0.15) is 11.9 Å². The number of carbonyl (C=O) groups is 1. The Morgan fingerprint density at radius 2 is 2.26 bits per heavy atom. The highest BCUT2D eigenvalue weighted by molar-refractivity contribution is 7.10. The van der Waals surface area contributed by atoms with E-state index in [2.05, 4.69) is 5.32 Å². The van der Waals surface area contributed by atoms with Crippen LogP contribution in [0.4, 0.5) is 10.1 Å². The molecule has 0 aliphatic rings. The van der Waals surface area contributed by atoms with Crippen molar-refractivity contribution in [3.63, 3.8) is 0 Å². The van der Waals surface area contributed by atoms with E-state index in [1.807, 2.05) is 6.07 Å². The second-order valence-electron chi connectivity index (χ2n) is 3.83. The van der Waals surface area contributed by atoms with Gasteiger partial charge in [-0.1, -0.05) is 0 Å². The molecule has 96 valence electrons. The number of nitrogens with one attached hydrogen (secondary N) is 1. The Labute approximate surface area is 113 Å². The number of hydrogen-bond acceptors (Lipinski definition) is 4. The molecular weight excluding hydrogens is 265 g/mol. The van der Waals surface area contributed by atoms with E-state index in [-0.39, 0.29) is 11.3 Å². The van der Waals surface area contributed by atoms with E-state index in [0.29, 0.717) is 12.1 Å². The third-order valence-electron chi connectivity index (χ3n) is 2.49. The molecule has 1 amide bonds. The fourth-order valence-electron chi connectivity index (χ4n) is 1.53. The number of rotatable bonds is 4. The van der Waals surface area contributed by atoms with E-state index in [0.717, 1.165) is 4.88 Å². The summed E-state index contributed by atoms with van der Waals surface area (Å²) < 4.78 is 13.5. The predicted molar refractivity (Wildman–Crippen MR) is 71.3 cm³/mol. The average Bonchev–Trinajstić information content (AvgIpc) is 2.85. The number of amides is 1. The van der Waals surface area contributed by atoms with Gasteiger partial charge >= 0.3 is 0 Å². The smallest absolute Gasteiger partial charge is 0.248 e. The van der Waals surface area contributed by atoms with E-state index in [4.69, 9.17) is 11.0 Å². The van der Waals surface area contributed by atoms with Crippen LogP contribution in [0.5, 0.6) is 0 Å². The van der Waals surface area contributed by atoms with Crippen molar-refractivity contribution in [1.82, 2.24) is 0 Å². The number of halogens is 1. The fourth-order valence-corrected chi connectivity index (χ4v) is 2.28. The van der Waals surface area contributed by atoms with Crippen LogP contribution < -0.4 is 11.1 Å². The van der Waals surface area contributed by atoms with Crippen molar-refractivity contribution in [1.29, 1.82) is 5.26 Å². The largest absolute Gasteiger partial charge is 0.378 e. The minimum Gasteiger partial charge on any atom is -0.378 e. The molecule has 4 nitrogen and oxygen atoms in total. The number of nitrogens with zero attached hydrogens (tertiary/aromatic N) is 1. The summed E-state index contributed by atoms with van der Waals surface area (Å²) in [5.74, 6) is -1.06. The first-order valence-corrected chi connectivity index (χ1v) is 6.29. The molecule has 0 aliphatic heterocycles. The highest BCUT2D eigenvalue weighted by Gasteiger charge is 2.07. The van der Waals surface area contributed by atoms with Crippen LogP contribution in [0.25, 0.3) is 0 Å². The van der Waals surface area contributed by atoms with Crippen molar-refractivity contribution in [2.75, 3.05) is 5.32 Å². The van der Waals surface area contributed by atoms with Gasteiger partial charge in [0.05, 0.1) is 11.3 Å². The zero-order chi connectivity index (χ0) is 13.8. The lowest BCUT2D eigenvalue weighted by Gasteiger charge is -2.07. The monoisotopic (exact) mass is 275 g/mol. The van der Waals surface area contributed by atoms with Gasteiger partial charge in [0.25, 0.3) is 0 Å². The standard InChI is InChI=1S/C13H10FN3OS/c14-11-2-1-9(13(16)18)4-12(11)17-6-10-3-8(5-15)7-19-10/h1-4,7,17H,6H2,(H2,16,18). The second-order valence-corrected chi connectivity index (χ2v) is 4.82. The van der Waals surface area contributed by atoms with Crippen molar-refractivity contribution in [3.8, 4) is 6.07 Å². The maximum Gasteiger partial charge on any atom is 0.248 e. The van der Waals surface area contributed by atoms with Crippen molar-refractivity contribution < 1.29 is 9.18 Å². The summed E-state index contributed by atoms with van der Waals surface area (Å²) >= 11 is 1.41. The zero-order valence-electron chi connectivity index (χ0n) is 9.81. The molecule has 1 heterocycles. The molecule has 0 spiro atoms. The van der Waals surface area contributed by atoms with Crippen LogP contribution in [0.2, 0.25) is 0 Å². The maximum atomic E-state index is 13.5. The molecule has 0 unspecified atom stereocenters. The Balaban J connectivity index is 2.12. The molecule has 2 rings (SSSR count). The highest BCUT2D eigenvalue weighted by atomic mass is 32.1. The van der Waals surface area contributed by atoms with Gasteiger partial charge in [-0.25, -0.2) is 4.39 Å². The summed E-state index contributed by atoms with van der Waals surface area (Å²) in [5, 5.41) is 13.3. The van der Waals surface area contributed by atoms with Crippen LogP contribution in [0.1, 0.15) is 20.8 Å². The number of benzene rings is 1. The summed E-state index contributed by atoms with van der Waals surface area (Å²) in [6.07, 6.45) is 0. The lowest BCUT2D eigenvalue weighted by molar-refractivity contribution is 0.100. The maximum absolute atomic E-state index is 13.5. The minimum absolute atomic E-state index is 0.211. The van der Waals surface area contributed by atoms with Crippen molar-refractivity contribution in [3.05, 3.63) is 51.5 Å². The highest BCUT2D eigenvalue weighted by Crippen LogP contribution is 2.19. The Hall–Kier alpha value is -2.39. The molecule has 0 bridgehead atoms. The van der Waals surface area contributed by atoms with Gasteiger partial charge in [0.2, 0.25) is 5.91 Å². The number of primary amides is 1. The van der Waals surface area contributed by atoms with Crippen molar-refractivity contribution >= 4 is 22.9 Å². The first-order chi connectivity index (χ1) is 9.10. The molecule has 0 radical (unpaired) electrons. The van der Waals surface area contributed by atoms with E-state index in [1.54, 1.807) is 11.4 Å². The third kappa shape index (κ3) is 3.09. The normalized spacial score (nSPS) is 9.89.